The van der Waals surface area contributed by atoms with Gasteiger partial charge in [-0.05, 0) is 61.5 Å². The fraction of sp³-hybridized carbons (Fsp3) is 0.312. The van der Waals surface area contributed by atoms with Crippen molar-refractivity contribution in [1.82, 2.24) is 5.32 Å². The van der Waals surface area contributed by atoms with E-state index >= 15 is 0 Å². The normalized spacial score (nSPS) is 10.3. The molecule has 20 heavy (non-hydrogen) atoms. The van der Waals surface area contributed by atoms with Gasteiger partial charge in [0.15, 0.2) is 0 Å². The van der Waals surface area contributed by atoms with Crippen LogP contribution in [0, 0.1) is 13.8 Å². The van der Waals surface area contributed by atoms with Gasteiger partial charge in [-0.3, -0.25) is 4.79 Å². The van der Waals surface area contributed by atoms with Crippen LogP contribution in [0.4, 0.5) is 5.69 Å². The lowest BCUT2D eigenvalue weighted by Crippen LogP contribution is -2.22. The molecule has 3 nitrogen and oxygen atoms in total. The van der Waals surface area contributed by atoms with Crippen LogP contribution in [0.25, 0.3) is 0 Å². The minimum atomic E-state index is -0.0174. The highest BCUT2D eigenvalue weighted by Gasteiger charge is 2.07. The van der Waals surface area contributed by atoms with Crippen LogP contribution in [0.2, 0.25) is 0 Å². The maximum atomic E-state index is 11.8. The van der Waals surface area contributed by atoms with E-state index in [1.165, 1.54) is 10.4 Å². The molecular formula is C16H20N2OS. The van der Waals surface area contributed by atoms with E-state index in [4.69, 9.17) is 0 Å². The van der Waals surface area contributed by atoms with Crippen molar-refractivity contribution in [1.29, 1.82) is 0 Å². The molecule has 106 valence electrons. The first-order valence-corrected chi connectivity index (χ1v) is 7.65. The monoisotopic (exact) mass is 288 g/mol. The molecule has 1 heterocycles. The van der Waals surface area contributed by atoms with Crippen LogP contribution in [0.5, 0.6) is 0 Å². The van der Waals surface area contributed by atoms with E-state index in [1.54, 1.807) is 11.3 Å². The van der Waals surface area contributed by atoms with Crippen LogP contribution in [0.15, 0.2) is 29.6 Å². The Kier molecular flexibility index (Phi) is 4.79. The molecule has 4 heteroatoms. The zero-order chi connectivity index (χ0) is 14.5. The Bertz CT molecular complexity index is 604. The number of hydrogen-bond donors (Lipinski definition) is 2. The number of hydrogen-bond acceptors (Lipinski definition) is 3. The second kappa shape index (κ2) is 6.57. The van der Waals surface area contributed by atoms with Crippen LogP contribution in [0.1, 0.15) is 33.3 Å². The SMILES string of the molecule is CCNC(=O)c1ccc(NCc2sccc2C)c(C)c1. The summed E-state index contributed by atoms with van der Waals surface area (Å²) in [7, 11) is 0. The standard InChI is InChI=1S/C16H20N2OS/c1-4-17-16(19)13-5-6-14(12(3)9-13)18-10-15-11(2)7-8-20-15/h5-9,18H,4,10H2,1-3H3,(H,17,19). The summed E-state index contributed by atoms with van der Waals surface area (Å²) in [6.45, 7) is 7.54. The summed E-state index contributed by atoms with van der Waals surface area (Å²) in [6.07, 6.45) is 0. The number of amides is 1. The molecule has 2 aromatic rings. The minimum absolute atomic E-state index is 0.0174. The third-order valence-electron chi connectivity index (χ3n) is 3.23. The van der Waals surface area contributed by atoms with Crippen molar-refractivity contribution < 1.29 is 4.79 Å². The highest BCUT2D eigenvalue weighted by atomic mass is 32.1. The Morgan fingerprint density at radius 1 is 1.20 bits per heavy atom. The summed E-state index contributed by atoms with van der Waals surface area (Å²) in [5.41, 5.74) is 4.19. The number of thiophene rings is 1. The summed E-state index contributed by atoms with van der Waals surface area (Å²) in [4.78, 5) is 13.1. The Balaban J connectivity index is 2.06. The molecule has 0 spiro atoms. The summed E-state index contributed by atoms with van der Waals surface area (Å²) in [5, 5.41) is 8.35. The van der Waals surface area contributed by atoms with Crippen molar-refractivity contribution >= 4 is 22.9 Å². The van der Waals surface area contributed by atoms with E-state index < -0.39 is 0 Å². The van der Waals surface area contributed by atoms with Crippen molar-refractivity contribution in [3.63, 3.8) is 0 Å². The first-order chi connectivity index (χ1) is 9.61. The number of anilines is 1. The van der Waals surface area contributed by atoms with Crippen molar-refractivity contribution in [2.24, 2.45) is 0 Å². The lowest BCUT2D eigenvalue weighted by Gasteiger charge is -2.11. The average molecular weight is 288 g/mol. The van der Waals surface area contributed by atoms with Gasteiger partial charge < -0.3 is 10.6 Å². The topological polar surface area (TPSA) is 41.1 Å². The second-order valence-corrected chi connectivity index (χ2v) is 5.77. The van der Waals surface area contributed by atoms with Crippen molar-refractivity contribution in [2.45, 2.75) is 27.3 Å². The molecule has 1 amide bonds. The Morgan fingerprint density at radius 3 is 2.60 bits per heavy atom. The summed E-state index contributed by atoms with van der Waals surface area (Å²) in [5.74, 6) is -0.0174. The Morgan fingerprint density at radius 2 is 2.00 bits per heavy atom. The fourth-order valence-corrected chi connectivity index (χ4v) is 2.87. The molecular weight excluding hydrogens is 268 g/mol. The number of rotatable bonds is 5. The molecule has 0 radical (unpaired) electrons. The van der Waals surface area contributed by atoms with Gasteiger partial charge in [-0.15, -0.1) is 11.3 Å². The molecule has 0 unspecified atom stereocenters. The van der Waals surface area contributed by atoms with Gasteiger partial charge in [0.05, 0.1) is 0 Å². The zero-order valence-electron chi connectivity index (χ0n) is 12.1. The van der Waals surface area contributed by atoms with E-state index in [-0.39, 0.29) is 5.91 Å². The average Bonchev–Trinajstić information content (AvgIpc) is 2.83. The van der Waals surface area contributed by atoms with E-state index in [1.807, 2.05) is 32.0 Å². The number of nitrogens with one attached hydrogen (secondary N) is 2. The van der Waals surface area contributed by atoms with Crippen molar-refractivity contribution in [2.75, 3.05) is 11.9 Å². The fourth-order valence-electron chi connectivity index (χ4n) is 2.03. The first-order valence-electron chi connectivity index (χ1n) is 6.77. The third-order valence-corrected chi connectivity index (χ3v) is 4.26. The van der Waals surface area contributed by atoms with E-state index in [0.717, 1.165) is 17.8 Å². The van der Waals surface area contributed by atoms with Crippen molar-refractivity contribution in [3.8, 4) is 0 Å². The number of aryl methyl sites for hydroxylation is 2. The Labute approximate surface area is 124 Å². The highest BCUT2D eigenvalue weighted by molar-refractivity contribution is 7.10. The highest BCUT2D eigenvalue weighted by Crippen LogP contribution is 2.20. The number of carbonyl (C=O) groups excluding carboxylic acids is 1. The lowest BCUT2D eigenvalue weighted by molar-refractivity contribution is 0.0956. The van der Waals surface area contributed by atoms with Gasteiger partial charge in [-0.25, -0.2) is 0 Å². The molecule has 0 saturated heterocycles. The quantitative estimate of drug-likeness (QED) is 0.880. The van der Waals surface area contributed by atoms with Gasteiger partial charge in [0.2, 0.25) is 0 Å². The van der Waals surface area contributed by atoms with Gasteiger partial charge in [0.25, 0.3) is 5.91 Å². The maximum absolute atomic E-state index is 11.8. The van der Waals surface area contributed by atoms with Gasteiger partial charge in [-0.2, -0.15) is 0 Å². The largest absolute Gasteiger partial charge is 0.380 e. The van der Waals surface area contributed by atoms with Gasteiger partial charge in [0.1, 0.15) is 0 Å². The van der Waals surface area contributed by atoms with Crippen LogP contribution >= 0.6 is 11.3 Å². The zero-order valence-corrected chi connectivity index (χ0v) is 12.9. The van der Waals surface area contributed by atoms with Crippen LogP contribution in [-0.2, 0) is 6.54 Å². The van der Waals surface area contributed by atoms with E-state index in [9.17, 15) is 4.79 Å². The lowest BCUT2D eigenvalue weighted by atomic mass is 10.1. The predicted molar refractivity (Wildman–Crippen MR) is 85.6 cm³/mol. The summed E-state index contributed by atoms with van der Waals surface area (Å²) in [6, 6.07) is 7.89. The molecule has 0 fully saturated rings. The smallest absolute Gasteiger partial charge is 0.251 e. The third kappa shape index (κ3) is 3.39. The molecule has 0 bridgehead atoms. The van der Waals surface area contributed by atoms with Crippen LogP contribution in [0.3, 0.4) is 0 Å². The second-order valence-electron chi connectivity index (χ2n) is 4.77. The molecule has 0 saturated carbocycles. The van der Waals surface area contributed by atoms with Crippen molar-refractivity contribution in [3.05, 3.63) is 51.2 Å². The van der Waals surface area contributed by atoms with Crippen LogP contribution < -0.4 is 10.6 Å². The van der Waals surface area contributed by atoms with Gasteiger partial charge in [-0.1, -0.05) is 0 Å². The molecule has 0 aliphatic carbocycles. The van der Waals surface area contributed by atoms with Gasteiger partial charge >= 0.3 is 0 Å². The number of carbonyl (C=O) groups is 1. The maximum Gasteiger partial charge on any atom is 0.251 e. The van der Waals surface area contributed by atoms with E-state index in [0.29, 0.717) is 12.1 Å². The molecule has 1 aromatic heterocycles. The summed E-state index contributed by atoms with van der Waals surface area (Å²) >= 11 is 1.76. The molecule has 1 aromatic carbocycles. The molecule has 0 aliphatic heterocycles. The summed E-state index contributed by atoms with van der Waals surface area (Å²) < 4.78 is 0. The van der Waals surface area contributed by atoms with Gasteiger partial charge in [0, 0.05) is 29.2 Å². The Hall–Kier alpha value is -1.81. The molecule has 0 aliphatic rings. The van der Waals surface area contributed by atoms with E-state index in [2.05, 4.69) is 29.0 Å². The van der Waals surface area contributed by atoms with Crippen LogP contribution in [-0.4, -0.2) is 12.5 Å². The number of benzene rings is 1. The molecule has 0 atom stereocenters. The predicted octanol–water partition coefficient (Wildman–Crippen LogP) is 3.73. The minimum Gasteiger partial charge on any atom is -0.380 e. The molecule has 2 rings (SSSR count). The molecule has 2 N–H and O–H groups in total. The first kappa shape index (κ1) is 14.6.